The molecule has 0 aliphatic rings. The van der Waals surface area contributed by atoms with Crippen LogP contribution < -0.4 is 9.47 Å². The first-order valence-electron chi connectivity index (χ1n) is 5.90. The highest BCUT2D eigenvalue weighted by molar-refractivity contribution is 8.13. The molecule has 112 valence electrons. The fourth-order valence-corrected chi connectivity index (χ4v) is 2.45. The number of methoxy groups -OCH3 is 1. The molecule has 21 heavy (non-hydrogen) atoms. The lowest BCUT2D eigenvalue weighted by molar-refractivity contribution is 0.295. The van der Waals surface area contributed by atoms with Gasteiger partial charge >= 0.3 is 0 Å². The van der Waals surface area contributed by atoms with Gasteiger partial charge in [0.25, 0.3) is 9.05 Å². The third-order valence-corrected chi connectivity index (χ3v) is 4.13. The number of benzene rings is 2. The monoisotopic (exact) mass is 330 g/mol. The van der Waals surface area contributed by atoms with Gasteiger partial charge in [0.05, 0.1) is 12.0 Å². The molecule has 4 nitrogen and oxygen atoms in total. The van der Waals surface area contributed by atoms with Crippen LogP contribution in [0, 0.1) is 5.82 Å². The van der Waals surface area contributed by atoms with Gasteiger partial charge in [-0.2, -0.15) is 0 Å². The second-order valence-electron chi connectivity index (χ2n) is 4.13. The Hall–Kier alpha value is -1.79. The quantitative estimate of drug-likeness (QED) is 0.789. The first kappa shape index (κ1) is 15.6. The molecule has 0 aliphatic carbocycles. The fourth-order valence-electron chi connectivity index (χ4n) is 1.68. The Balaban J connectivity index is 2.10. The predicted molar refractivity (Wildman–Crippen MR) is 76.8 cm³/mol. The van der Waals surface area contributed by atoms with Crippen molar-refractivity contribution in [2.75, 3.05) is 7.11 Å². The summed E-state index contributed by atoms with van der Waals surface area (Å²) in [5.41, 5.74) is 0.336. The Kier molecular flexibility index (Phi) is 4.69. The summed E-state index contributed by atoms with van der Waals surface area (Å²) in [4.78, 5) is -0.0240. The number of rotatable bonds is 5. The maximum absolute atomic E-state index is 13.9. The van der Waals surface area contributed by atoms with E-state index >= 15 is 0 Å². The van der Waals surface area contributed by atoms with E-state index in [-0.39, 0.29) is 17.3 Å². The van der Waals surface area contributed by atoms with Crippen molar-refractivity contribution in [1.29, 1.82) is 0 Å². The summed E-state index contributed by atoms with van der Waals surface area (Å²) in [5, 5.41) is 0. The van der Waals surface area contributed by atoms with Crippen molar-refractivity contribution in [2.45, 2.75) is 11.5 Å². The first-order chi connectivity index (χ1) is 9.91. The average molecular weight is 331 g/mol. The van der Waals surface area contributed by atoms with Crippen LogP contribution in [-0.4, -0.2) is 15.5 Å². The van der Waals surface area contributed by atoms with Crippen molar-refractivity contribution >= 4 is 19.7 Å². The maximum Gasteiger partial charge on any atom is 0.261 e. The van der Waals surface area contributed by atoms with E-state index in [1.807, 2.05) is 0 Å². The molecule has 2 aromatic rings. The highest BCUT2D eigenvalue weighted by Gasteiger charge is 2.11. The van der Waals surface area contributed by atoms with Crippen LogP contribution in [0.1, 0.15) is 5.56 Å². The number of ether oxygens (including phenoxy) is 2. The molecule has 0 atom stereocenters. The minimum atomic E-state index is -3.76. The normalized spacial score (nSPS) is 11.2. The zero-order chi connectivity index (χ0) is 15.5. The Labute approximate surface area is 126 Å². The van der Waals surface area contributed by atoms with Crippen LogP contribution in [-0.2, 0) is 15.7 Å². The summed E-state index contributed by atoms with van der Waals surface area (Å²) in [5.74, 6) is 0.0564. The zero-order valence-electron chi connectivity index (χ0n) is 11.0. The smallest absolute Gasteiger partial charge is 0.261 e. The van der Waals surface area contributed by atoms with Crippen LogP contribution in [0.25, 0.3) is 0 Å². The largest absolute Gasteiger partial charge is 0.494 e. The SMILES string of the molecule is COc1cccc(COc2ccc(S(=O)(=O)Cl)cc2)c1F. The third kappa shape index (κ3) is 3.86. The van der Waals surface area contributed by atoms with Crippen LogP contribution in [0.2, 0.25) is 0 Å². The molecule has 0 bridgehead atoms. The van der Waals surface area contributed by atoms with Gasteiger partial charge in [-0.3, -0.25) is 0 Å². The molecular weight excluding hydrogens is 319 g/mol. The molecule has 0 radical (unpaired) electrons. The summed E-state index contributed by atoms with van der Waals surface area (Å²) in [6, 6.07) is 10.3. The van der Waals surface area contributed by atoms with Crippen molar-refractivity contribution in [1.82, 2.24) is 0 Å². The van der Waals surface area contributed by atoms with E-state index in [1.54, 1.807) is 12.1 Å². The van der Waals surface area contributed by atoms with Crippen LogP contribution >= 0.6 is 10.7 Å². The molecule has 7 heteroatoms. The van der Waals surface area contributed by atoms with Gasteiger partial charge in [-0.1, -0.05) is 12.1 Å². The second kappa shape index (κ2) is 6.32. The summed E-state index contributed by atoms with van der Waals surface area (Å²) < 4.78 is 46.4. The van der Waals surface area contributed by atoms with Crippen LogP contribution in [0.15, 0.2) is 47.4 Å². The van der Waals surface area contributed by atoms with E-state index in [4.69, 9.17) is 20.2 Å². The Morgan fingerprint density at radius 2 is 1.81 bits per heavy atom. The second-order valence-corrected chi connectivity index (χ2v) is 6.70. The van der Waals surface area contributed by atoms with Crippen molar-refractivity contribution in [3.63, 3.8) is 0 Å². The summed E-state index contributed by atoms with van der Waals surface area (Å²) in [6.07, 6.45) is 0. The molecule has 0 spiro atoms. The Morgan fingerprint density at radius 1 is 1.14 bits per heavy atom. The molecule has 0 heterocycles. The lowest BCUT2D eigenvalue weighted by Gasteiger charge is -2.09. The van der Waals surface area contributed by atoms with Crippen LogP contribution in [0.3, 0.4) is 0 Å². The highest BCUT2D eigenvalue weighted by Crippen LogP contribution is 2.23. The summed E-state index contributed by atoms with van der Waals surface area (Å²) in [7, 11) is 2.83. The lowest BCUT2D eigenvalue weighted by Crippen LogP contribution is -2.00. The molecule has 2 rings (SSSR count). The Morgan fingerprint density at radius 3 is 2.38 bits per heavy atom. The first-order valence-corrected chi connectivity index (χ1v) is 8.21. The van der Waals surface area contributed by atoms with Gasteiger partial charge in [-0.25, -0.2) is 12.8 Å². The van der Waals surface area contributed by atoms with Gasteiger partial charge in [-0.15, -0.1) is 0 Å². The molecule has 0 unspecified atom stereocenters. The molecule has 0 saturated carbocycles. The molecular formula is C14H12ClFO4S. The van der Waals surface area contributed by atoms with E-state index in [2.05, 4.69) is 0 Å². The van der Waals surface area contributed by atoms with E-state index in [0.29, 0.717) is 11.3 Å². The Bertz CT molecular complexity index is 729. The zero-order valence-corrected chi connectivity index (χ0v) is 12.6. The highest BCUT2D eigenvalue weighted by atomic mass is 35.7. The van der Waals surface area contributed by atoms with Crippen molar-refractivity contribution in [3.05, 3.63) is 53.8 Å². The van der Waals surface area contributed by atoms with Crippen LogP contribution in [0.5, 0.6) is 11.5 Å². The lowest BCUT2D eigenvalue weighted by atomic mass is 10.2. The van der Waals surface area contributed by atoms with Gasteiger partial charge in [0, 0.05) is 16.2 Å². The molecule has 0 N–H and O–H groups in total. The van der Waals surface area contributed by atoms with Crippen molar-refractivity contribution in [3.8, 4) is 11.5 Å². The predicted octanol–water partition coefficient (Wildman–Crippen LogP) is 3.34. The van der Waals surface area contributed by atoms with E-state index in [9.17, 15) is 12.8 Å². The number of hydrogen-bond donors (Lipinski definition) is 0. The van der Waals surface area contributed by atoms with Gasteiger partial charge in [0.15, 0.2) is 11.6 Å². The van der Waals surface area contributed by atoms with Gasteiger partial charge in [0.2, 0.25) is 0 Å². The molecule has 0 aliphatic heterocycles. The molecule has 2 aromatic carbocycles. The summed E-state index contributed by atoms with van der Waals surface area (Å²) >= 11 is 0. The maximum atomic E-state index is 13.9. The van der Waals surface area contributed by atoms with Crippen molar-refractivity contribution < 1.29 is 22.3 Å². The minimum Gasteiger partial charge on any atom is -0.494 e. The third-order valence-electron chi connectivity index (χ3n) is 2.76. The number of hydrogen-bond acceptors (Lipinski definition) is 4. The standard InChI is InChI=1S/C14H12ClFO4S/c1-19-13-4-2-3-10(14(13)16)9-20-11-5-7-12(8-6-11)21(15,17)18/h2-8H,9H2,1H3. The molecule has 0 aromatic heterocycles. The van der Waals surface area contributed by atoms with Gasteiger partial charge in [-0.05, 0) is 30.3 Å². The summed E-state index contributed by atoms with van der Waals surface area (Å²) in [6.45, 7) is -0.00396. The molecule has 0 fully saturated rings. The van der Waals surface area contributed by atoms with E-state index < -0.39 is 14.9 Å². The average Bonchev–Trinajstić information content (AvgIpc) is 2.46. The van der Waals surface area contributed by atoms with Crippen molar-refractivity contribution in [2.24, 2.45) is 0 Å². The van der Waals surface area contributed by atoms with E-state index in [1.165, 1.54) is 37.4 Å². The van der Waals surface area contributed by atoms with Gasteiger partial charge < -0.3 is 9.47 Å². The minimum absolute atomic E-state index is 0.00396. The topological polar surface area (TPSA) is 52.6 Å². The number of halogens is 2. The van der Waals surface area contributed by atoms with Gasteiger partial charge in [0.1, 0.15) is 12.4 Å². The fraction of sp³-hybridized carbons (Fsp3) is 0.143. The van der Waals surface area contributed by atoms with E-state index in [0.717, 1.165) is 0 Å². The molecule has 0 amide bonds. The van der Waals surface area contributed by atoms with Crippen LogP contribution in [0.4, 0.5) is 4.39 Å². The molecule has 0 saturated heterocycles.